The molecule has 0 radical (unpaired) electrons. The largest absolute Gasteiger partial charge is 0.464 e. The second-order valence-electron chi connectivity index (χ2n) is 6.96. The lowest BCUT2D eigenvalue weighted by Crippen LogP contribution is -2.21. The average Bonchev–Trinajstić information content (AvgIpc) is 3.51. The van der Waals surface area contributed by atoms with Crippen molar-refractivity contribution in [3.8, 4) is 11.3 Å². The number of rotatable bonds is 8. The number of aromatic nitrogens is 1. The van der Waals surface area contributed by atoms with Gasteiger partial charge >= 0.3 is 11.9 Å². The second kappa shape index (κ2) is 10.6. The van der Waals surface area contributed by atoms with Gasteiger partial charge in [0.05, 0.1) is 18.4 Å². The Kier molecular flexibility index (Phi) is 7.14. The minimum Gasteiger partial charge on any atom is -0.464 e. The summed E-state index contributed by atoms with van der Waals surface area (Å²) in [6.45, 7) is 1.35. The molecule has 34 heavy (non-hydrogen) atoms. The molecule has 3 heterocycles. The normalized spacial score (nSPS) is 11.0. The molecule has 4 aromatic rings. The molecule has 0 spiro atoms. The summed E-state index contributed by atoms with van der Waals surface area (Å²) in [6, 6.07) is 12.8. The van der Waals surface area contributed by atoms with Crippen LogP contribution >= 0.6 is 11.3 Å². The third kappa shape index (κ3) is 5.21. The predicted octanol–water partition coefficient (Wildman–Crippen LogP) is 4.93. The molecule has 0 bridgehead atoms. The topological polar surface area (TPSA) is 108 Å². The van der Waals surface area contributed by atoms with E-state index >= 15 is 0 Å². The molecular formula is C25H20N2O6S. The minimum absolute atomic E-state index is 0.176. The molecule has 4 rings (SSSR count). The van der Waals surface area contributed by atoms with Gasteiger partial charge in [-0.3, -0.25) is 9.78 Å². The molecule has 0 unspecified atom stereocenters. The number of nitrogens with zero attached hydrogens (tertiary/aromatic N) is 1. The number of pyridine rings is 1. The van der Waals surface area contributed by atoms with Gasteiger partial charge in [-0.2, -0.15) is 0 Å². The van der Waals surface area contributed by atoms with Gasteiger partial charge in [0.1, 0.15) is 16.3 Å². The number of benzene rings is 1. The summed E-state index contributed by atoms with van der Waals surface area (Å²) in [5.41, 5.74) is 2.20. The van der Waals surface area contributed by atoms with E-state index in [9.17, 15) is 14.4 Å². The van der Waals surface area contributed by atoms with Crippen molar-refractivity contribution < 1.29 is 28.3 Å². The number of para-hydroxylation sites is 1. The highest BCUT2D eigenvalue weighted by atomic mass is 32.1. The maximum Gasteiger partial charge on any atom is 0.341 e. The van der Waals surface area contributed by atoms with Gasteiger partial charge in [0.25, 0.3) is 5.91 Å². The van der Waals surface area contributed by atoms with Gasteiger partial charge in [-0.15, -0.1) is 11.3 Å². The third-order valence-corrected chi connectivity index (χ3v) is 5.61. The Balaban J connectivity index is 1.40. The van der Waals surface area contributed by atoms with Crippen LogP contribution in [0.5, 0.6) is 0 Å². The molecule has 1 amide bonds. The van der Waals surface area contributed by atoms with Gasteiger partial charge in [-0.1, -0.05) is 24.3 Å². The SMILES string of the molecule is CCOC(=O)c1c(-c2ccco2)csc1NC(=O)COC(=O)/C=C/c1cccc2cccnc12. The van der Waals surface area contributed by atoms with Crippen LogP contribution in [-0.2, 0) is 19.1 Å². The lowest BCUT2D eigenvalue weighted by molar-refractivity contribution is -0.142. The first-order valence-corrected chi connectivity index (χ1v) is 11.3. The number of nitrogens with one attached hydrogen (secondary N) is 1. The highest BCUT2D eigenvalue weighted by Gasteiger charge is 2.24. The zero-order chi connectivity index (χ0) is 23.9. The van der Waals surface area contributed by atoms with E-state index in [-0.39, 0.29) is 17.2 Å². The zero-order valence-electron chi connectivity index (χ0n) is 18.1. The summed E-state index contributed by atoms with van der Waals surface area (Å²) < 4.78 is 15.6. The van der Waals surface area contributed by atoms with Gasteiger partial charge in [-0.25, -0.2) is 9.59 Å². The molecule has 1 N–H and O–H groups in total. The van der Waals surface area contributed by atoms with Crippen molar-refractivity contribution in [3.05, 3.63) is 77.5 Å². The third-order valence-electron chi connectivity index (χ3n) is 4.72. The van der Waals surface area contributed by atoms with Crippen LogP contribution in [0, 0.1) is 0 Å². The van der Waals surface area contributed by atoms with E-state index in [1.807, 2.05) is 30.3 Å². The molecule has 9 heteroatoms. The number of anilines is 1. The first-order chi connectivity index (χ1) is 16.6. The highest BCUT2D eigenvalue weighted by Crippen LogP contribution is 2.36. The first-order valence-electron chi connectivity index (χ1n) is 10.4. The van der Waals surface area contributed by atoms with Gasteiger partial charge < -0.3 is 19.2 Å². The van der Waals surface area contributed by atoms with E-state index in [0.29, 0.717) is 11.3 Å². The number of amides is 1. The fourth-order valence-electron chi connectivity index (χ4n) is 3.24. The maximum absolute atomic E-state index is 12.5. The van der Waals surface area contributed by atoms with Crippen molar-refractivity contribution in [2.24, 2.45) is 0 Å². The van der Waals surface area contributed by atoms with Crippen LogP contribution in [-0.4, -0.2) is 36.0 Å². The Morgan fingerprint density at radius 2 is 1.97 bits per heavy atom. The summed E-state index contributed by atoms with van der Waals surface area (Å²) in [5.74, 6) is -1.39. The number of hydrogen-bond donors (Lipinski definition) is 1. The predicted molar refractivity (Wildman–Crippen MR) is 128 cm³/mol. The number of ether oxygens (including phenoxy) is 2. The lowest BCUT2D eigenvalue weighted by Gasteiger charge is -2.08. The van der Waals surface area contributed by atoms with Crippen LogP contribution in [0.4, 0.5) is 5.00 Å². The highest BCUT2D eigenvalue weighted by molar-refractivity contribution is 7.15. The van der Waals surface area contributed by atoms with Crippen molar-refractivity contribution in [2.45, 2.75) is 6.92 Å². The van der Waals surface area contributed by atoms with Gasteiger partial charge in [0, 0.05) is 34.2 Å². The zero-order valence-corrected chi connectivity index (χ0v) is 19.0. The number of thiophene rings is 1. The molecule has 3 aromatic heterocycles. The Morgan fingerprint density at radius 1 is 1.12 bits per heavy atom. The molecule has 172 valence electrons. The average molecular weight is 477 g/mol. The molecular weight excluding hydrogens is 456 g/mol. The number of hydrogen-bond acceptors (Lipinski definition) is 8. The number of carbonyl (C=O) groups excluding carboxylic acids is 3. The first kappa shape index (κ1) is 22.9. The number of furan rings is 1. The summed E-state index contributed by atoms with van der Waals surface area (Å²) in [5, 5.41) is 5.52. The van der Waals surface area contributed by atoms with Crippen LogP contribution in [0.2, 0.25) is 0 Å². The minimum atomic E-state index is -0.684. The van der Waals surface area contributed by atoms with E-state index in [0.717, 1.165) is 27.8 Å². The molecule has 0 aliphatic rings. The van der Waals surface area contributed by atoms with Crippen LogP contribution in [0.1, 0.15) is 22.8 Å². The van der Waals surface area contributed by atoms with E-state index in [1.165, 1.54) is 12.3 Å². The molecule has 0 aliphatic carbocycles. The fourth-order valence-corrected chi connectivity index (χ4v) is 4.19. The van der Waals surface area contributed by atoms with Crippen LogP contribution in [0.15, 0.2) is 70.8 Å². The molecule has 8 nitrogen and oxygen atoms in total. The summed E-state index contributed by atoms with van der Waals surface area (Å²) in [7, 11) is 0. The Labute approximate surface area is 198 Å². The summed E-state index contributed by atoms with van der Waals surface area (Å²) >= 11 is 1.15. The number of carbonyl (C=O) groups is 3. The van der Waals surface area contributed by atoms with E-state index in [4.69, 9.17) is 13.9 Å². The van der Waals surface area contributed by atoms with Crippen LogP contribution < -0.4 is 5.32 Å². The van der Waals surface area contributed by atoms with E-state index in [1.54, 1.807) is 36.7 Å². The maximum atomic E-state index is 12.5. The van der Waals surface area contributed by atoms with Crippen molar-refractivity contribution in [3.63, 3.8) is 0 Å². The van der Waals surface area contributed by atoms with Crippen LogP contribution in [0.25, 0.3) is 28.3 Å². The molecule has 0 atom stereocenters. The fraction of sp³-hybridized carbons (Fsp3) is 0.120. The lowest BCUT2D eigenvalue weighted by atomic mass is 10.1. The van der Waals surface area contributed by atoms with Crippen LogP contribution in [0.3, 0.4) is 0 Å². The Hall–Kier alpha value is -4.24. The summed E-state index contributed by atoms with van der Waals surface area (Å²) in [4.78, 5) is 41.4. The Bertz CT molecular complexity index is 1350. The molecule has 0 aliphatic heterocycles. The molecule has 0 saturated heterocycles. The van der Waals surface area contributed by atoms with Gasteiger partial charge in [0.15, 0.2) is 6.61 Å². The molecule has 1 aromatic carbocycles. The molecule has 0 fully saturated rings. The quantitative estimate of drug-likeness (QED) is 0.284. The summed E-state index contributed by atoms with van der Waals surface area (Å²) in [6.07, 6.45) is 5.99. The monoisotopic (exact) mass is 476 g/mol. The standard InChI is InChI=1S/C25H20N2O6S/c1-2-31-25(30)22-18(19-9-5-13-32-19)15-34-24(22)27-20(28)14-33-21(29)11-10-17-7-3-6-16-8-4-12-26-23(16)17/h3-13,15H,2,14H2,1H3,(H,27,28)/b11-10+. The smallest absolute Gasteiger partial charge is 0.341 e. The van der Waals surface area contributed by atoms with E-state index < -0.39 is 24.5 Å². The molecule has 0 saturated carbocycles. The number of fused-ring (bicyclic) bond motifs is 1. The van der Waals surface area contributed by atoms with E-state index in [2.05, 4.69) is 10.3 Å². The van der Waals surface area contributed by atoms with Gasteiger partial charge in [0.2, 0.25) is 0 Å². The van der Waals surface area contributed by atoms with Crippen molar-refractivity contribution in [1.29, 1.82) is 0 Å². The van der Waals surface area contributed by atoms with Crippen molar-refractivity contribution in [1.82, 2.24) is 4.98 Å². The number of esters is 2. The van der Waals surface area contributed by atoms with Crippen molar-refractivity contribution >= 4 is 51.2 Å². The van der Waals surface area contributed by atoms with Gasteiger partial charge in [-0.05, 0) is 31.2 Å². The van der Waals surface area contributed by atoms with Crippen molar-refractivity contribution in [2.75, 3.05) is 18.5 Å². The second-order valence-corrected chi connectivity index (χ2v) is 7.84. The Morgan fingerprint density at radius 3 is 2.76 bits per heavy atom.